The number of aromatic nitrogens is 3. The lowest BCUT2D eigenvalue weighted by Crippen LogP contribution is -2.00. The summed E-state index contributed by atoms with van der Waals surface area (Å²) in [6.45, 7) is 0. The summed E-state index contributed by atoms with van der Waals surface area (Å²) in [5.41, 5.74) is 11.6. The van der Waals surface area contributed by atoms with Crippen LogP contribution >= 0.6 is 0 Å². The summed E-state index contributed by atoms with van der Waals surface area (Å²) < 4.78 is 6.62. The summed E-state index contributed by atoms with van der Waals surface area (Å²) in [6.07, 6.45) is 0. The van der Waals surface area contributed by atoms with Crippen LogP contribution in [-0.4, -0.2) is 15.0 Å². The summed E-state index contributed by atoms with van der Waals surface area (Å²) in [5.74, 6) is 1.88. The third kappa shape index (κ3) is 5.79. The molecule has 10 aromatic rings. The highest BCUT2D eigenvalue weighted by atomic mass is 16.3. The maximum Gasteiger partial charge on any atom is 0.164 e. The molecule has 8 aromatic carbocycles. The molecular weight excluding hydrogens is 673 g/mol. The van der Waals surface area contributed by atoms with Crippen LogP contribution in [0.2, 0.25) is 0 Å². The summed E-state index contributed by atoms with van der Waals surface area (Å²) in [4.78, 5) is 14.8. The van der Waals surface area contributed by atoms with Gasteiger partial charge in [-0.1, -0.05) is 146 Å². The van der Waals surface area contributed by atoms with Gasteiger partial charge in [0.1, 0.15) is 11.2 Å². The molecule has 10 rings (SSSR count). The molecule has 0 amide bonds. The molecule has 0 aliphatic carbocycles. The second kappa shape index (κ2) is 13.4. The SMILES string of the molecule is N#Cc1ccc(-c2cccc3oc4c5ccccc5c(-c5cccc(-c6cccc(-c7nc(-c8ccccc8)nc(-c8ccccc8)n7)c6)c5)cc4c23)cc1. The molecule has 0 aliphatic rings. The van der Waals surface area contributed by atoms with Crippen molar-refractivity contribution in [3.05, 3.63) is 188 Å². The van der Waals surface area contributed by atoms with E-state index in [0.29, 0.717) is 23.0 Å². The molecule has 2 heterocycles. The van der Waals surface area contributed by atoms with E-state index >= 15 is 0 Å². The number of hydrogen-bond acceptors (Lipinski definition) is 5. The summed E-state index contributed by atoms with van der Waals surface area (Å²) in [7, 11) is 0. The monoisotopic (exact) mass is 702 g/mol. The van der Waals surface area contributed by atoms with E-state index in [4.69, 9.17) is 19.4 Å². The van der Waals surface area contributed by atoms with Crippen LogP contribution in [0.5, 0.6) is 0 Å². The lowest BCUT2D eigenvalue weighted by atomic mass is 9.92. The van der Waals surface area contributed by atoms with Gasteiger partial charge in [0.05, 0.1) is 11.6 Å². The van der Waals surface area contributed by atoms with Crippen LogP contribution in [0.25, 0.3) is 100 Å². The molecule has 256 valence electrons. The molecule has 2 aromatic heterocycles. The Morgan fingerprint density at radius 3 is 1.56 bits per heavy atom. The Balaban J connectivity index is 1.11. The van der Waals surface area contributed by atoms with Crippen LogP contribution in [-0.2, 0) is 0 Å². The number of furan rings is 1. The van der Waals surface area contributed by atoms with Gasteiger partial charge >= 0.3 is 0 Å². The molecule has 5 nitrogen and oxygen atoms in total. The molecule has 0 fully saturated rings. The van der Waals surface area contributed by atoms with E-state index in [1.54, 1.807) is 0 Å². The molecule has 0 spiro atoms. The zero-order valence-electron chi connectivity index (χ0n) is 29.5. The minimum Gasteiger partial charge on any atom is -0.455 e. The van der Waals surface area contributed by atoms with Crippen LogP contribution in [0.4, 0.5) is 0 Å². The van der Waals surface area contributed by atoms with Gasteiger partial charge in [-0.15, -0.1) is 0 Å². The smallest absolute Gasteiger partial charge is 0.164 e. The van der Waals surface area contributed by atoms with Gasteiger partial charge in [-0.2, -0.15) is 5.26 Å². The highest BCUT2D eigenvalue weighted by molar-refractivity contribution is 6.22. The van der Waals surface area contributed by atoms with Gasteiger partial charge < -0.3 is 4.42 Å². The Labute approximate surface area is 317 Å². The van der Waals surface area contributed by atoms with Crippen molar-refractivity contribution in [2.75, 3.05) is 0 Å². The fourth-order valence-corrected chi connectivity index (χ4v) is 7.49. The lowest BCUT2D eigenvalue weighted by molar-refractivity contribution is 0.673. The lowest BCUT2D eigenvalue weighted by Gasteiger charge is -2.12. The second-order valence-corrected chi connectivity index (χ2v) is 13.5. The van der Waals surface area contributed by atoms with E-state index in [-0.39, 0.29) is 0 Å². The molecule has 0 bridgehead atoms. The highest BCUT2D eigenvalue weighted by Gasteiger charge is 2.19. The van der Waals surface area contributed by atoms with Gasteiger partial charge in [-0.25, -0.2) is 15.0 Å². The molecule has 0 radical (unpaired) electrons. The van der Waals surface area contributed by atoms with Crippen LogP contribution in [0, 0.1) is 11.3 Å². The predicted octanol–water partition coefficient (Wildman–Crippen LogP) is 12.8. The normalized spacial score (nSPS) is 11.3. The first-order valence-corrected chi connectivity index (χ1v) is 18.2. The highest BCUT2D eigenvalue weighted by Crippen LogP contribution is 2.43. The standard InChI is InChI=1S/C50H30N4O/c51-31-32-24-26-33(27-25-32)40-22-11-23-45-46(40)44-30-43(41-20-7-8-21-42(41)47(44)55-45)38-18-9-16-36(28-38)37-17-10-19-39(29-37)50-53-48(34-12-3-1-4-13-34)52-49(54-50)35-14-5-2-6-15-35/h1-30H. The molecule has 0 atom stereocenters. The van der Waals surface area contributed by atoms with Crippen molar-refractivity contribution >= 4 is 32.7 Å². The zero-order chi connectivity index (χ0) is 36.7. The van der Waals surface area contributed by atoms with Crippen molar-refractivity contribution in [2.24, 2.45) is 0 Å². The Kier molecular flexibility index (Phi) is 7.79. The molecular formula is C50H30N4O. The number of nitriles is 1. The molecule has 5 heteroatoms. The molecule has 0 saturated carbocycles. The maximum absolute atomic E-state index is 9.40. The first-order chi connectivity index (χ1) is 27.2. The Morgan fingerprint density at radius 2 is 0.909 bits per heavy atom. The van der Waals surface area contributed by atoms with E-state index in [1.807, 2.05) is 97.1 Å². The van der Waals surface area contributed by atoms with Crippen LogP contribution < -0.4 is 0 Å². The van der Waals surface area contributed by atoms with Gasteiger partial charge in [0.15, 0.2) is 17.5 Å². The van der Waals surface area contributed by atoms with Gasteiger partial charge in [0, 0.05) is 32.8 Å². The van der Waals surface area contributed by atoms with Crippen molar-refractivity contribution in [2.45, 2.75) is 0 Å². The summed E-state index contributed by atoms with van der Waals surface area (Å²) in [5, 5.41) is 13.7. The van der Waals surface area contributed by atoms with Crippen molar-refractivity contribution in [3.8, 4) is 73.6 Å². The predicted molar refractivity (Wildman–Crippen MR) is 222 cm³/mol. The minimum absolute atomic E-state index is 0.618. The molecule has 55 heavy (non-hydrogen) atoms. The number of rotatable bonds is 6. The van der Waals surface area contributed by atoms with E-state index in [1.165, 1.54) is 0 Å². The van der Waals surface area contributed by atoms with Crippen molar-refractivity contribution in [1.29, 1.82) is 5.26 Å². The van der Waals surface area contributed by atoms with Crippen LogP contribution in [0.15, 0.2) is 186 Å². The largest absolute Gasteiger partial charge is 0.455 e. The topological polar surface area (TPSA) is 75.6 Å². The van der Waals surface area contributed by atoms with Crippen LogP contribution in [0.1, 0.15) is 5.56 Å². The summed E-state index contributed by atoms with van der Waals surface area (Å²) >= 11 is 0. The molecule has 0 unspecified atom stereocenters. The van der Waals surface area contributed by atoms with E-state index in [2.05, 4.69) is 91.0 Å². The third-order valence-corrected chi connectivity index (χ3v) is 10.2. The molecule has 0 saturated heterocycles. The Morgan fingerprint density at radius 1 is 0.382 bits per heavy atom. The fourth-order valence-electron chi connectivity index (χ4n) is 7.49. The quantitative estimate of drug-likeness (QED) is 0.172. The number of nitrogens with zero attached hydrogens (tertiary/aromatic N) is 4. The van der Waals surface area contributed by atoms with E-state index < -0.39 is 0 Å². The second-order valence-electron chi connectivity index (χ2n) is 13.5. The maximum atomic E-state index is 9.40. The number of benzene rings is 8. The molecule has 0 aliphatic heterocycles. The van der Waals surface area contributed by atoms with Crippen molar-refractivity contribution in [1.82, 2.24) is 15.0 Å². The minimum atomic E-state index is 0.618. The Bertz CT molecular complexity index is 3030. The van der Waals surface area contributed by atoms with Gasteiger partial charge in [0.2, 0.25) is 0 Å². The summed E-state index contributed by atoms with van der Waals surface area (Å²) in [6, 6.07) is 64.1. The molecule has 0 N–H and O–H groups in total. The van der Waals surface area contributed by atoms with Gasteiger partial charge in [-0.3, -0.25) is 0 Å². The number of hydrogen-bond donors (Lipinski definition) is 0. The third-order valence-electron chi connectivity index (χ3n) is 10.2. The number of fused-ring (bicyclic) bond motifs is 5. The first-order valence-electron chi connectivity index (χ1n) is 18.2. The van der Waals surface area contributed by atoms with Crippen LogP contribution in [0.3, 0.4) is 0 Å². The van der Waals surface area contributed by atoms with Gasteiger partial charge in [-0.05, 0) is 75.2 Å². The average molecular weight is 703 g/mol. The van der Waals surface area contributed by atoms with Crippen molar-refractivity contribution < 1.29 is 4.42 Å². The van der Waals surface area contributed by atoms with Crippen molar-refractivity contribution in [3.63, 3.8) is 0 Å². The average Bonchev–Trinajstić information content (AvgIpc) is 3.66. The zero-order valence-corrected chi connectivity index (χ0v) is 29.5. The Hall–Kier alpha value is -7.68. The van der Waals surface area contributed by atoms with E-state index in [9.17, 15) is 5.26 Å². The van der Waals surface area contributed by atoms with Gasteiger partial charge in [0.25, 0.3) is 0 Å². The fraction of sp³-hybridized carbons (Fsp3) is 0. The first kappa shape index (κ1) is 32.0. The van der Waals surface area contributed by atoms with E-state index in [0.717, 1.165) is 82.8 Å².